The Morgan fingerprint density at radius 3 is 2.85 bits per heavy atom. The summed E-state index contributed by atoms with van der Waals surface area (Å²) in [6.07, 6.45) is 7.41. The Hall–Kier alpha value is -0.510. The molecule has 2 N–H and O–H groups in total. The van der Waals surface area contributed by atoms with Gasteiger partial charge in [-0.3, -0.25) is 4.68 Å². The molecular formula is C9H14BrN3. The van der Waals surface area contributed by atoms with Crippen molar-refractivity contribution in [1.82, 2.24) is 9.78 Å². The maximum atomic E-state index is 5.61. The lowest BCUT2D eigenvalue weighted by Crippen LogP contribution is -2.14. The predicted octanol–water partition coefficient (Wildman–Crippen LogP) is 2.42. The van der Waals surface area contributed by atoms with Gasteiger partial charge in [0.2, 0.25) is 0 Å². The molecule has 2 rings (SSSR count). The van der Waals surface area contributed by atoms with Crippen molar-refractivity contribution >= 4 is 21.7 Å². The molecule has 0 radical (unpaired) electrons. The van der Waals surface area contributed by atoms with Gasteiger partial charge >= 0.3 is 0 Å². The van der Waals surface area contributed by atoms with E-state index < -0.39 is 0 Å². The first-order valence-electron chi connectivity index (χ1n) is 4.74. The van der Waals surface area contributed by atoms with Gasteiger partial charge in [-0.05, 0) is 28.3 Å². The molecule has 0 unspecified atom stereocenters. The largest absolute Gasteiger partial charge is 0.381 e. The van der Waals surface area contributed by atoms with Crippen LogP contribution in [0.2, 0.25) is 0 Å². The summed E-state index contributed by atoms with van der Waals surface area (Å²) < 4.78 is 2.83. The highest BCUT2D eigenvalue weighted by Gasteiger charge is 2.17. The van der Waals surface area contributed by atoms with E-state index in [4.69, 9.17) is 5.73 Å². The number of nitrogens with zero attached hydrogens (tertiary/aromatic N) is 2. The molecule has 1 aromatic rings. The zero-order valence-electron chi connectivity index (χ0n) is 7.54. The van der Waals surface area contributed by atoms with Gasteiger partial charge in [0.05, 0.1) is 4.47 Å². The molecule has 72 valence electrons. The lowest BCUT2D eigenvalue weighted by molar-refractivity contribution is 0.278. The number of aromatic nitrogens is 2. The van der Waals surface area contributed by atoms with Crippen LogP contribution >= 0.6 is 15.9 Å². The van der Waals surface area contributed by atoms with E-state index in [0.29, 0.717) is 5.82 Å². The van der Waals surface area contributed by atoms with Crippen LogP contribution in [-0.4, -0.2) is 9.78 Å². The number of nitrogen functional groups attached to an aromatic ring is 1. The number of hydrogen-bond donors (Lipinski definition) is 1. The molecule has 0 bridgehead atoms. The van der Waals surface area contributed by atoms with Crippen LogP contribution in [0, 0.1) is 5.92 Å². The quantitative estimate of drug-likeness (QED) is 0.887. The van der Waals surface area contributed by atoms with E-state index in [1.165, 1.54) is 25.7 Å². The van der Waals surface area contributed by atoms with E-state index in [2.05, 4.69) is 21.0 Å². The van der Waals surface area contributed by atoms with Gasteiger partial charge in [0, 0.05) is 12.7 Å². The Morgan fingerprint density at radius 2 is 2.38 bits per heavy atom. The molecule has 13 heavy (non-hydrogen) atoms. The summed E-state index contributed by atoms with van der Waals surface area (Å²) in [5.41, 5.74) is 5.61. The minimum absolute atomic E-state index is 0.591. The summed E-state index contributed by atoms with van der Waals surface area (Å²) in [6.45, 7) is 1.00. The summed E-state index contributed by atoms with van der Waals surface area (Å²) in [5, 5.41) is 4.19. The zero-order chi connectivity index (χ0) is 9.26. The Morgan fingerprint density at radius 1 is 1.62 bits per heavy atom. The zero-order valence-corrected chi connectivity index (χ0v) is 9.13. The topological polar surface area (TPSA) is 43.8 Å². The molecule has 1 fully saturated rings. The van der Waals surface area contributed by atoms with Crippen molar-refractivity contribution in [3.63, 3.8) is 0 Å². The fraction of sp³-hybridized carbons (Fsp3) is 0.667. The highest BCUT2D eigenvalue weighted by molar-refractivity contribution is 9.10. The molecule has 0 aromatic carbocycles. The van der Waals surface area contributed by atoms with Crippen LogP contribution in [0.3, 0.4) is 0 Å². The van der Waals surface area contributed by atoms with Gasteiger partial charge in [-0.2, -0.15) is 5.10 Å². The second kappa shape index (κ2) is 3.70. The average molecular weight is 244 g/mol. The standard InChI is InChI=1S/C9H14BrN3/c10-8-6-13(12-9(8)11)5-4-7-2-1-3-7/h6-7H,1-5H2,(H2,11,12). The molecule has 1 aliphatic rings. The van der Waals surface area contributed by atoms with Crippen molar-refractivity contribution in [2.75, 3.05) is 5.73 Å². The number of halogens is 1. The Kier molecular flexibility index (Phi) is 2.58. The van der Waals surface area contributed by atoms with Crippen LogP contribution in [0.15, 0.2) is 10.7 Å². The fourth-order valence-electron chi connectivity index (χ4n) is 1.62. The number of rotatable bonds is 3. The van der Waals surface area contributed by atoms with Gasteiger partial charge in [-0.1, -0.05) is 19.3 Å². The maximum absolute atomic E-state index is 5.61. The first-order valence-corrected chi connectivity index (χ1v) is 5.53. The van der Waals surface area contributed by atoms with Gasteiger partial charge < -0.3 is 5.73 Å². The van der Waals surface area contributed by atoms with Gasteiger partial charge in [0.25, 0.3) is 0 Å². The second-order valence-corrected chi connectivity index (χ2v) is 4.57. The number of hydrogen-bond acceptors (Lipinski definition) is 2. The van der Waals surface area contributed by atoms with Crippen molar-refractivity contribution < 1.29 is 0 Å². The smallest absolute Gasteiger partial charge is 0.159 e. The van der Waals surface area contributed by atoms with Crippen LogP contribution < -0.4 is 5.73 Å². The highest BCUT2D eigenvalue weighted by Crippen LogP contribution is 2.29. The molecule has 0 aliphatic heterocycles. The first-order chi connectivity index (χ1) is 6.25. The van der Waals surface area contributed by atoms with Crippen LogP contribution in [0.4, 0.5) is 5.82 Å². The van der Waals surface area contributed by atoms with Crippen LogP contribution in [-0.2, 0) is 6.54 Å². The van der Waals surface area contributed by atoms with Crippen molar-refractivity contribution in [1.29, 1.82) is 0 Å². The van der Waals surface area contributed by atoms with Crippen LogP contribution in [0.25, 0.3) is 0 Å². The molecule has 0 saturated heterocycles. The van der Waals surface area contributed by atoms with E-state index >= 15 is 0 Å². The molecule has 4 heteroatoms. The normalized spacial score (nSPS) is 17.3. The van der Waals surface area contributed by atoms with Crippen molar-refractivity contribution in [2.45, 2.75) is 32.2 Å². The van der Waals surface area contributed by atoms with Gasteiger partial charge in [-0.15, -0.1) is 0 Å². The SMILES string of the molecule is Nc1nn(CCC2CCC2)cc1Br. The molecule has 0 amide bonds. The lowest BCUT2D eigenvalue weighted by atomic mass is 9.83. The van der Waals surface area contributed by atoms with E-state index in [-0.39, 0.29) is 0 Å². The highest BCUT2D eigenvalue weighted by atomic mass is 79.9. The van der Waals surface area contributed by atoms with Crippen molar-refractivity contribution in [3.05, 3.63) is 10.7 Å². The molecule has 3 nitrogen and oxygen atoms in total. The van der Waals surface area contributed by atoms with E-state index in [9.17, 15) is 0 Å². The monoisotopic (exact) mass is 243 g/mol. The molecule has 1 saturated carbocycles. The van der Waals surface area contributed by atoms with Gasteiger partial charge in [0.15, 0.2) is 5.82 Å². The second-order valence-electron chi connectivity index (χ2n) is 3.71. The van der Waals surface area contributed by atoms with Crippen LogP contribution in [0.5, 0.6) is 0 Å². The Balaban J connectivity index is 1.86. The molecule has 1 heterocycles. The lowest BCUT2D eigenvalue weighted by Gasteiger charge is -2.24. The number of nitrogens with two attached hydrogens (primary N) is 1. The van der Waals surface area contributed by atoms with Crippen LogP contribution in [0.1, 0.15) is 25.7 Å². The van der Waals surface area contributed by atoms with Crippen molar-refractivity contribution in [2.24, 2.45) is 5.92 Å². The molecule has 1 aliphatic carbocycles. The molecule has 1 aromatic heterocycles. The third kappa shape index (κ3) is 2.05. The van der Waals surface area contributed by atoms with E-state index in [1.54, 1.807) is 0 Å². The maximum Gasteiger partial charge on any atom is 0.159 e. The van der Waals surface area contributed by atoms with Gasteiger partial charge in [0.1, 0.15) is 0 Å². The Bertz CT molecular complexity index is 272. The number of anilines is 1. The van der Waals surface area contributed by atoms with E-state index in [1.807, 2.05) is 10.9 Å². The Labute approximate surface area is 86.4 Å². The van der Waals surface area contributed by atoms with Crippen molar-refractivity contribution in [3.8, 4) is 0 Å². The third-order valence-corrected chi connectivity index (χ3v) is 3.35. The van der Waals surface area contributed by atoms with Gasteiger partial charge in [-0.25, -0.2) is 0 Å². The minimum Gasteiger partial charge on any atom is -0.381 e. The molecular weight excluding hydrogens is 230 g/mol. The summed E-state index contributed by atoms with van der Waals surface area (Å²) in [6, 6.07) is 0. The molecule has 0 spiro atoms. The summed E-state index contributed by atoms with van der Waals surface area (Å²) in [7, 11) is 0. The summed E-state index contributed by atoms with van der Waals surface area (Å²) >= 11 is 3.35. The van der Waals surface area contributed by atoms with E-state index in [0.717, 1.165) is 16.9 Å². The first kappa shape index (κ1) is 9.06. The fourth-order valence-corrected chi connectivity index (χ4v) is 1.94. The molecule has 0 atom stereocenters. The third-order valence-electron chi connectivity index (χ3n) is 2.73. The predicted molar refractivity (Wildman–Crippen MR) is 56.3 cm³/mol. The average Bonchev–Trinajstić information content (AvgIpc) is 2.28. The summed E-state index contributed by atoms with van der Waals surface area (Å²) in [5.74, 6) is 1.53. The summed E-state index contributed by atoms with van der Waals surface area (Å²) in [4.78, 5) is 0. The number of aryl methyl sites for hydroxylation is 1. The minimum atomic E-state index is 0.591.